The zero-order valence-corrected chi connectivity index (χ0v) is 14.9. The van der Waals surface area contributed by atoms with Gasteiger partial charge < -0.3 is 17.3 Å². The minimum Gasteiger partial charge on any atom is -0.418 e. The van der Waals surface area contributed by atoms with Gasteiger partial charge in [0.2, 0.25) is 5.69 Å². The fraction of sp³-hybridized carbons (Fsp3) is 0.150. The maximum Gasteiger partial charge on any atom is 0.673 e. The van der Waals surface area contributed by atoms with Crippen LogP contribution in [0.25, 0.3) is 16.8 Å². The van der Waals surface area contributed by atoms with E-state index in [9.17, 15) is 17.3 Å². The molecule has 0 amide bonds. The van der Waals surface area contributed by atoms with Gasteiger partial charge in [-0.2, -0.15) is 4.57 Å². The van der Waals surface area contributed by atoms with Gasteiger partial charge in [-0.05, 0) is 18.1 Å². The molecule has 1 nitrogen and oxygen atoms in total. The average Bonchev–Trinajstić information content (AvgIpc) is 2.55. The van der Waals surface area contributed by atoms with Crippen molar-refractivity contribution < 1.29 is 21.8 Å². The van der Waals surface area contributed by atoms with Gasteiger partial charge in [0, 0.05) is 38.1 Å². The van der Waals surface area contributed by atoms with Crippen LogP contribution in [-0.4, -0.2) is 7.25 Å². The van der Waals surface area contributed by atoms with Crippen LogP contribution in [0.3, 0.4) is 0 Å². The quantitative estimate of drug-likeness (QED) is 0.306. The summed E-state index contributed by atoms with van der Waals surface area (Å²) < 4.78 is 41.3. The van der Waals surface area contributed by atoms with Crippen molar-refractivity contribution in [3.05, 3.63) is 83.7 Å². The van der Waals surface area contributed by atoms with Gasteiger partial charge in [0.15, 0.2) is 11.4 Å². The zero-order chi connectivity index (χ0) is 19.3. The molecule has 0 bridgehead atoms. The smallest absolute Gasteiger partial charge is 0.418 e. The highest BCUT2D eigenvalue weighted by molar-refractivity contribution is 6.50. The van der Waals surface area contributed by atoms with Crippen molar-refractivity contribution in [2.24, 2.45) is 0 Å². The molecular formula is C20H20BF4N. The molecular weight excluding hydrogens is 341 g/mol. The lowest BCUT2D eigenvalue weighted by molar-refractivity contribution is -0.609. The molecule has 0 aliphatic carbocycles. The van der Waals surface area contributed by atoms with Crippen LogP contribution in [0.1, 0.15) is 17.0 Å². The third kappa shape index (κ3) is 5.72. The number of benzene rings is 2. The van der Waals surface area contributed by atoms with Crippen LogP contribution < -0.4 is 4.57 Å². The van der Waals surface area contributed by atoms with Crippen molar-refractivity contribution in [3.63, 3.8) is 0 Å². The maximum absolute atomic E-state index is 9.75. The van der Waals surface area contributed by atoms with Gasteiger partial charge in [-0.25, -0.2) is 0 Å². The molecule has 0 unspecified atom stereocenters. The molecule has 136 valence electrons. The lowest BCUT2D eigenvalue weighted by Crippen LogP contribution is -2.37. The Balaban J connectivity index is 0.000000431. The third-order valence-corrected chi connectivity index (χ3v) is 3.83. The molecule has 1 aromatic heterocycles. The third-order valence-electron chi connectivity index (χ3n) is 3.83. The Morgan fingerprint density at radius 3 is 1.58 bits per heavy atom. The predicted octanol–water partition coefficient (Wildman–Crippen LogP) is 5.86. The first-order valence-electron chi connectivity index (χ1n) is 8.18. The summed E-state index contributed by atoms with van der Waals surface area (Å²) in [7, 11) is -6.00. The molecule has 26 heavy (non-hydrogen) atoms. The second-order valence-corrected chi connectivity index (χ2v) is 6.06. The Morgan fingerprint density at radius 1 is 0.654 bits per heavy atom. The van der Waals surface area contributed by atoms with E-state index in [2.05, 4.69) is 92.1 Å². The molecule has 0 aliphatic rings. The number of aryl methyl sites for hydroxylation is 3. The Bertz CT molecular complexity index is 830. The van der Waals surface area contributed by atoms with E-state index < -0.39 is 7.25 Å². The molecule has 0 saturated heterocycles. The Hall–Kier alpha value is -2.63. The van der Waals surface area contributed by atoms with Crippen LogP contribution in [0.5, 0.6) is 0 Å². The zero-order valence-electron chi connectivity index (χ0n) is 14.9. The first-order valence-corrected chi connectivity index (χ1v) is 8.18. The summed E-state index contributed by atoms with van der Waals surface area (Å²) in [5, 5.41) is 0. The number of hydrogen-bond donors (Lipinski definition) is 0. The molecule has 0 aliphatic heterocycles. The highest BCUT2D eigenvalue weighted by Crippen LogP contribution is 2.20. The van der Waals surface area contributed by atoms with Crippen molar-refractivity contribution in [3.8, 4) is 16.8 Å². The maximum atomic E-state index is 9.75. The number of hydrogen-bond acceptors (Lipinski definition) is 0. The fourth-order valence-corrected chi connectivity index (χ4v) is 2.80. The molecule has 3 rings (SSSR count). The first kappa shape index (κ1) is 19.7. The fourth-order valence-electron chi connectivity index (χ4n) is 2.80. The van der Waals surface area contributed by atoms with E-state index in [0.717, 1.165) is 0 Å². The summed E-state index contributed by atoms with van der Waals surface area (Å²) in [6.07, 6.45) is 0. The molecule has 0 N–H and O–H groups in total. The molecule has 0 atom stereocenters. The van der Waals surface area contributed by atoms with Gasteiger partial charge in [0.25, 0.3) is 0 Å². The van der Waals surface area contributed by atoms with Gasteiger partial charge in [-0.1, -0.05) is 48.0 Å². The molecule has 3 aromatic rings. The highest BCUT2D eigenvalue weighted by atomic mass is 19.5. The van der Waals surface area contributed by atoms with Gasteiger partial charge in [-0.3, -0.25) is 0 Å². The first-order chi connectivity index (χ1) is 12.1. The SMILES string of the molecule is Cc1ccc(-[n+]2c(C)cc(-c3ccccc3)cc2C)cc1.F[B-](F)(F)F. The minimum absolute atomic E-state index is 1.22. The summed E-state index contributed by atoms with van der Waals surface area (Å²) in [4.78, 5) is 0. The number of halogens is 4. The topological polar surface area (TPSA) is 3.88 Å². The second kappa shape index (κ2) is 8.17. The number of rotatable bonds is 2. The lowest BCUT2D eigenvalue weighted by Gasteiger charge is -2.07. The van der Waals surface area contributed by atoms with E-state index in [-0.39, 0.29) is 0 Å². The van der Waals surface area contributed by atoms with Gasteiger partial charge in [0.05, 0.1) is 0 Å². The minimum atomic E-state index is -6.00. The molecule has 0 spiro atoms. The van der Waals surface area contributed by atoms with Crippen LogP contribution in [-0.2, 0) is 0 Å². The van der Waals surface area contributed by atoms with Gasteiger partial charge in [-0.15, -0.1) is 0 Å². The summed E-state index contributed by atoms with van der Waals surface area (Å²) in [5.41, 5.74) is 7.54. The van der Waals surface area contributed by atoms with E-state index in [1.165, 1.54) is 33.8 Å². The van der Waals surface area contributed by atoms with Gasteiger partial charge >= 0.3 is 7.25 Å². The van der Waals surface area contributed by atoms with Crippen LogP contribution in [0.4, 0.5) is 17.3 Å². The van der Waals surface area contributed by atoms with Crippen molar-refractivity contribution >= 4 is 7.25 Å². The Labute approximate surface area is 151 Å². The van der Waals surface area contributed by atoms with Crippen LogP contribution in [0.15, 0.2) is 66.7 Å². The molecule has 0 saturated carbocycles. The largest absolute Gasteiger partial charge is 0.673 e. The monoisotopic (exact) mass is 361 g/mol. The summed E-state index contributed by atoms with van der Waals surface area (Å²) in [5.74, 6) is 0. The number of nitrogens with zero attached hydrogens (tertiary/aromatic N) is 1. The average molecular weight is 361 g/mol. The summed E-state index contributed by atoms with van der Waals surface area (Å²) >= 11 is 0. The molecule has 6 heteroatoms. The van der Waals surface area contributed by atoms with Crippen molar-refractivity contribution in [1.82, 2.24) is 0 Å². The molecule has 0 fully saturated rings. The normalized spacial score (nSPS) is 10.9. The van der Waals surface area contributed by atoms with Crippen LogP contribution in [0, 0.1) is 20.8 Å². The van der Waals surface area contributed by atoms with Crippen molar-refractivity contribution in [1.29, 1.82) is 0 Å². The van der Waals surface area contributed by atoms with E-state index in [1.807, 2.05) is 0 Å². The van der Waals surface area contributed by atoms with E-state index in [1.54, 1.807) is 0 Å². The van der Waals surface area contributed by atoms with Gasteiger partial charge in [0.1, 0.15) is 0 Å². The van der Waals surface area contributed by atoms with Crippen molar-refractivity contribution in [2.75, 3.05) is 0 Å². The van der Waals surface area contributed by atoms with E-state index in [4.69, 9.17) is 0 Å². The number of pyridine rings is 1. The molecule has 0 radical (unpaired) electrons. The molecule has 2 aromatic carbocycles. The van der Waals surface area contributed by atoms with Crippen LogP contribution >= 0.6 is 0 Å². The predicted molar refractivity (Wildman–Crippen MR) is 97.8 cm³/mol. The Morgan fingerprint density at radius 2 is 1.12 bits per heavy atom. The summed E-state index contributed by atoms with van der Waals surface area (Å²) in [6.45, 7) is 6.45. The lowest BCUT2D eigenvalue weighted by atomic mass is 10.0. The summed E-state index contributed by atoms with van der Waals surface area (Å²) in [6, 6.07) is 23.7. The second-order valence-electron chi connectivity index (χ2n) is 6.06. The van der Waals surface area contributed by atoms with Crippen molar-refractivity contribution in [2.45, 2.75) is 20.8 Å². The van der Waals surface area contributed by atoms with E-state index in [0.29, 0.717) is 0 Å². The van der Waals surface area contributed by atoms with E-state index >= 15 is 0 Å². The van der Waals surface area contributed by atoms with Crippen LogP contribution in [0.2, 0.25) is 0 Å². The standard InChI is InChI=1S/C20H20N.BF4/c1-15-9-11-20(12-10-15)21-16(2)13-19(14-17(21)3)18-7-5-4-6-8-18;2-1(3,4)5/h4-14H,1-3H3;/q+1;-1. The Kier molecular flexibility index (Phi) is 6.19. The number of aromatic nitrogens is 1. The highest BCUT2D eigenvalue weighted by Gasteiger charge is 2.20. The molecule has 1 heterocycles.